The third kappa shape index (κ3) is 3.00. The Hall–Kier alpha value is -2.28. The van der Waals surface area contributed by atoms with Gasteiger partial charge in [-0.2, -0.15) is 0 Å². The molecule has 0 aliphatic rings. The number of carbonyl (C=O) groups excluding carboxylic acids is 1. The number of nitrogens with one attached hydrogen (secondary N) is 1. The van der Waals surface area contributed by atoms with Crippen molar-refractivity contribution in [2.45, 2.75) is 13.0 Å². The molecule has 108 valence electrons. The standard InChI is InChI=1S/C13H17N3O4/c1-8-4-5-11(20-8)10(17)6-14-12(18)9-7-16(2)15-13(9)19-3/h4-5,7,10,17H,6H2,1-3H3,(H,14,18)/t10-/m0/s1. The zero-order chi connectivity index (χ0) is 14.7. The minimum atomic E-state index is -0.893. The third-order valence-corrected chi connectivity index (χ3v) is 2.78. The molecule has 0 aromatic carbocycles. The van der Waals surface area contributed by atoms with Crippen LogP contribution in [0.3, 0.4) is 0 Å². The maximum Gasteiger partial charge on any atom is 0.258 e. The molecule has 1 atom stereocenters. The van der Waals surface area contributed by atoms with E-state index in [-0.39, 0.29) is 18.3 Å². The lowest BCUT2D eigenvalue weighted by Crippen LogP contribution is -2.28. The Morgan fingerprint density at radius 2 is 2.35 bits per heavy atom. The lowest BCUT2D eigenvalue weighted by Gasteiger charge is -2.09. The summed E-state index contributed by atoms with van der Waals surface area (Å²) < 4.78 is 11.8. The normalized spacial score (nSPS) is 12.2. The van der Waals surface area contributed by atoms with Crippen molar-refractivity contribution in [2.24, 2.45) is 7.05 Å². The number of ether oxygens (including phenoxy) is 1. The van der Waals surface area contributed by atoms with Gasteiger partial charge in [0.2, 0.25) is 5.88 Å². The molecule has 0 saturated carbocycles. The molecule has 2 heterocycles. The largest absolute Gasteiger partial charge is 0.479 e. The highest BCUT2D eigenvalue weighted by Crippen LogP contribution is 2.17. The Balaban J connectivity index is 1.98. The monoisotopic (exact) mass is 279 g/mol. The molecule has 2 N–H and O–H groups in total. The van der Waals surface area contributed by atoms with Gasteiger partial charge in [-0.1, -0.05) is 0 Å². The molecule has 2 aromatic rings. The summed E-state index contributed by atoms with van der Waals surface area (Å²) in [6.07, 6.45) is 0.660. The highest BCUT2D eigenvalue weighted by atomic mass is 16.5. The molecule has 2 rings (SSSR count). The molecule has 1 amide bonds. The van der Waals surface area contributed by atoms with Crippen LogP contribution in [-0.2, 0) is 7.05 Å². The molecule has 0 unspecified atom stereocenters. The van der Waals surface area contributed by atoms with Crippen molar-refractivity contribution in [3.63, 3.8) is 0 Å². The molecular weight excluding hydrogens is 262 g/mol. The second kappa shape index (κ2) is 5.79. The molecule has 2 aromatic heterocycles. The smallest absolute Gasteiger partial charge is 0.258 e. The van der Waals surface area contributed by atoms with E-state index in [0.717, 1.165) is 0 Å². The summed E-state index contributed by atoms with van der Waals surface area (Å²) >= 11 is 0. The summed E-state index contributed by atoms with van der Waals surface area (Å²) in [6, 6.07) is 3.43. The Kier molecular flexibility index (Phi) is 4.09. The van der Waals surface area contributed by atoms with E-state index >= 15 is 0 Å². The first-order chi connectivity index (χ1) is 9.51. The average molecular weight is 279 g/mol. The van der Waals surface area contributed by atoms with Crippen LogP contribution in [-0.4, -0.2) is 34.4 Å². The van der Waals surface area contributed by atoms with Gasteiger partial charge in [0.25, 0.3) is 5.91 Å². The number of hydrogen-bond donors (Lipinski definition) is 2. The van der Waals surface area contributed by atoms with Crippen LogP contribution in [0.5, 0.6) is 5.88 Å². The van der Waals surface area contributed by atoms with Crippen LogP contribution in [0.1, 0.15) is 28.0 Å². The van der Waals surface area contributed by atoms with E-state index in [4.69, 9.17) is 9.15 Å². The minimum absolute atomic E-state index is 0.0455. The predicted octanol–water partition coefficient (Wildman–Crippen LogP) is 0.794. The molecular formula is C13H17N3O4. The Labute approximate surface area is 116 Å². The van der Waals surface area contributed by atoms with Crippen molar-refractivity contribution in [1.29, 1.82) is 0 Å². The average Bonchev–Trinajstić information content (AvgIpc) is 3.01. The van der Waals surface area contributed by atoms with Crippen molar-refractivity contribution in [1.82, 2.24) is 15.1 Å². The lowest BCUT2D eigenvalue weighted by molar-refractivity contribution is 0.0897. The van der Waals surface area contributed by atoms with Crippen molar-refractivity contribution < 1.29 is 19.1 Å². The topological polar surface area (TPSA) is 89.5 Å². The van der Waals surface area contributed by atoms with Gasteiger partial charge in [0.1, 0.15) is 23.2 Å². The van der Waals surface area contributed by atoms with Crippen LogP contribution >= 0.6 is 0 Å². The highest BCUT2D eigenvalue weighted by molar-refractivity contribution is 5.96. The number of furan rings is 1. The maximum atomic E-state index is 12.0. The van der Waals surface area contributed by atoms with Gasteiger partial charge < -0.3 is 19.6 Å². The van der Waals surface area contributed by atoms with E-state index in [1.54, 1.807) is 32.3 Å². The van der Waals surface area contributed by atoms with Crippen LogP contribution < -0.4 is 10.1 Å². The SMILES string of the molecule is COc1nn(C)cc1C(=O)NC[C@H](O)c1ccc(C)o1. The fourth-order valence-corrected chi connectivity index (χ4v) is 1.79. The maximum absolute atomic E-state index is 12.0. The first-order valence-corrected chi connectivity index (χ1v) is 6.11. The first kappa shape index (κ1) is 14.1. The Morgan fingerprint density at radius 3 is 2.95 bits per heavy atom. The zero-order valence-electron chi connectivity index (χ0n) is 11.6. The van der Waals surface area contributed by atoms with Crippen molar-refractivity contribution in [2.75, 3.05) is 13.7 Å². The summed E-state index contributed by atoms with van der Waals surface area (Å²) in [5.74, 6) is 1.01. The second-order valence-corrected chi connectivity index (χ2v) is 4.40. The number of nitrogens with zero attached hydrogens (tertiary/aromatic N) is 2. The van der Waals surface area contributed by atoms with Gasteiger partial charge in [-0.15, -0.1) is 5.10 Å². The highest BCUT2D eigenvalue weighted by Gasteiger charge is 2.18. The second-order valence-electron chi connectivity index (χ2n) is 4.40. The molecule has 0 aliphatic heterocycles. The molecule has 7 heteroatoms. The fraction of sp³-hybridized carbons (Fsp3) is 0.385. The fourth-order valence-electron chi connectivity index (χ4n) is 1.79. The van der Waals surface area contributed by atoms with E-state index in [9.17, 15) is 9.90 Å². The number of carbonyl (C=O) groups is 1. The molecule has 0 fully saturated rings. The number of rotatable bonds is 5. The van der Waals surface area contributed by atoms with Gasteiger partial charge in [0, 0.05) is 13.2 Å². The third-order valence-electron chi connectivity index (χ3n) is 2.78. The van der Waals surface area contributed by atoms with Crippen LogP contribution in [0, 0.1) is 6.92 Å². The summed E-state index contributed by atoms with van der Waals surface area (Å²) in [5.41, 5.74) is 0.317. The Morgan fingerprint density at radius 1 is 1.60 bits per heavy atom. The molecule has 0 bridgehead atoms. The number of amides is 1. The summed E-state index contributed by atoms with van der Waals surface area (Å²) in [5, 5.41) is 16.5. The molecule has 0 spiro atoms. The predicted molar refractivity (Wildman–Crippen MR) is 70.5 cm³/mol. The van der Waals surface area contributed by atoms with Crippen molar-refractivity contribution >= 4 is 5.91 Å². The minimum Gasteiger partial charge on any atom is -0.479 e. The van der Waals surface area contributed by atoms with Crippen LogP contribution in [0.2, 0.25) is 0 Å². The number of aliphatic hydroxyl groups is 1. The van der Waals surface area contributed by atoms with Crippen LogP contribution in [0.15, 0.2) is 22.7 Å². The summed E-state index contributed by atoms with van der Waals surface area (Å²) in [7, 11) is 3.14. The summed E-state index contributed by atoms with van der Waals surface area (Å²) in [4.78, 5) is 12.0. The van der Waals surface area contributed by atoms with Gasteiger partial charge in [-0.25, -0.2) is 0 Å². The zero-order valence-corrected chi connectivity index (χ0v) is 11.6. The van der Waals surface area contributed by atoms with Gasteiger partial charge in [0.15, 0.2) is 0 Å². The number of aliphatic hydroxyl groups excluding tert-OH is 1. The van der Waals surface area contributed by atoms with Crippen LogP contribution in [0.4, 0.5) is 0 Å². The number of aryl methyl sites for hydroxylation is 2. The number of aromatic nitrogens is 2. The lowest BCUT2D eigenvalue weighted by atomic mass is 10.2. The molecule has 20 heavy (non-hydrogen) atoms. The van der Waals surface area contributed by atoms with Gasteiger partial charge in [0.05, 0.1) is 13.7 Å². The van der Waals surface area contributed by atoms with E-state index in [1.807, 2.05) is 0 Å². The van der Waals surface area contributed by atoms with Gasteiger partial charge in [-0.3, -0.25) is 9.48 Å². The van der Waals surface area contributed by atoms with Crippen LogP contribution in [0.25, 0.3) is 0 Å². The van der Waals surface area contributed by atoms with Gasteiger partial charge in [-0.05, 0) is 19.1 Å². The molecule has 0 aliphatic carbocycles. The van der Waals surface area contributed by atoms with E-state index in [0.29, 0.717) is 17.1 Å². The van der Waals surface area contributed by atoms with E-state index < -0.39 is 6.10 Å². The number of hydrogen-bond acceptors (Lipinski definition) is 5. The first-order valence-electron chi connectivity index (χ1n) is 6.11. The van der Waals surface area contributed by atoms with Gasteiger partial charge >= 0.3 is 0 Å². The van der Waals surface area contributed by atoms with E-state index in [1.165, 1.54) is 11.8 Å². The summed E-state index contributed by atoms with van der Waals surface area (Å²) in [6.45, 7) is 1.83. The molecule has 7 nitrogen and oxygen atoms in total. The molecule has 0 radical (unpaired) electrons. The number of methoxy groups -OCH3 is 1. The molecule has 0 saturated heterocycles. The van der Waals surface area contributed by atoms with Crippen molar-refractivity contribution in [3.8, 4) is 5.88 Å². The van der Waals surface area contributed by atoms with Crippen molar-refractivity contribution in [3.05, 3.63) is 35.4 Å². The Bertz CT molecular complexity index is 603. The van der Waals surface area contributed by atoms with E-state index in [2.05, 4.69) is 10.4 Å². The quantitative estimate of drug-likeness (QED) is 0.844.